The Bertz CT molecular complexity index is 531. The number of carbonyl (C=O) groups excluding carboxylic acids is 2. The number of aromatic nitrogens is 1. The molecule has 20 heavy (non-hydrogen) atoms. The lowest BCUT2D eigenvalue weighted by atomic mass is 10.1. The molecule has 1 amide bonds. The number of esters is 1. The van der Waals surface area contributed by atoms with Gasteiger partial charge in [-0.05, 0) is 34.1 Å². The molecule has 1 aromatic heterocycles. The average Bonchev–Trinajstić information content (AvgIpc) is 3.10. The number of nitrogens with zero attached hydrogens (tertiary/aromatic N) is 1. The minimum absolute atomic E-state index is 0.101. The number of rotatable bonds is 4. The summed E-state index contributed by atoms with van der Waals surface area (Å²) in [6.45, 7) is 7.83. The summed E-state index contributed by atoms with van der Waals surface area (Å²) in [5.41, 5.74) is 0.468. The van der Waals surface area contributed by atoms with Crippen LogP contribution in [0.3, 0.4) is 0 Å². The van der Waals surface area contributed by atoms with Crippen LogP contribution in [0.25, 0.3) is 0 Å². The SMILES string of the molecule is COC(=O)[C@@H]1C[C@H]1C(=O)NC(C)(C)c1nc(C)c(C)s1. The van der Waals surface area contributed by atoms with Crippen molar-refractivity contribution >= 4 is 23.2 Å². The summed E-state index contributed by atoms with van der Waals surface area (Å²) < 4.78 is 4.66. The fourth-order valence-electron chi connectivity index (χ4n) is 2.09. The van der Waals surface area contributed by atoms with E-state index in [0.29, 0.717) is 6.42 Å². The van der Waals surface area contributed by atoms with Crippen LogP contribution in [-0.2, 0) is 19.9 Å². The zero-order chi connectivity index (χ0) is 15.1. The van der Waals surface area contributed by atoms with Gasteiger partial charge in [0.2, 0.25) is 5.91 Å². The number of thiazole rings is 1. The summed E-state index contributed by atoms with van der Waals surface area (Å²) >= 11 is 1.59. The van der Waals surface area contributed by atoms with Crippen molar-refractivity contribution in [3.8, 4) is 0 Å². The third kappa shape index (κ3) is 2.85. The zero-order valence-electron chi connectivity index (χ0n) is 12.4. The molecule has 1 aliphatic carbocycles. The molecule has 110 valence electrons. The largest absolute Gasteiger partial charge is 0.469 e. The Labute approximate surface area is 122 Å². The standard InChI is InChI=1S/C14H20N2O3S/c1-7-8(2)20-13(15-7)14(3,4)16-11(17)9-6-10(9)12(18)19-5/h9-10H,6H2,1-5H3,(H,16,17)/t9-,10-/m1/s1. The molecule has 2 rings (SSSR count). The van der Waals surface area contributed by atoms with E-state index in [1.165, 1.54) is 7.11 Å². The Hall–Kier alpha value is -1.43. The normalized spacial score (nSPS) is 21.4. The van der Waals surface area contributed by atoms with Crippen LogP contribution in [0.2, 0.25) is 0 Å². The second kappa shape index (κ2) is 5.16. The molecule has 1 aromatic rings. The molecule has 1 heterocycles. The first-order valence-corrected chi connectivity index (χ1v) is 7.42. The van der Waals surface area contributed by atoms with E-state index in [1.807, 2.05) is 27.7 Å². The summed E-state index contributed by atoms with van der Waals surface area (Å²) in [5, 5.41) is 3.87. The van der Waals surface area contributed by atoms with E-state index >= 15 is 0 Å². The van der Waals surface area contributed by atoms with E-state index in [9.17, 15) is 9.59 Å². The number of ether oxygens (including phenoxy) is 1. The fraction of sp³-hybridized carbons (Fsp3) is 0.643. The van der Waals surface area contributed by atoms with Crippen LogP contribution in [0.5, 0.6) is 0 Å². The van der Waals surface area contributed by atoms with Crippen molar-refractivity contribution in [2.24, 2.45) is 11.8 Å². The molecule has 1 N–H and O–H groups in total. The highest BCUT2D eigenvalue weighted by atomic mass is 32.1. The van der Waals surface area contributed by atoms with Gasteiger partial charge < -0.3 is 10.1 Å². The Morgan fingerprint density at radius 3 is 2.50 bits per heavy atom. The monoisotopic (exact) mass is 296 g/mol. The number of carbonyl (C=O) groups is 2. The van der Waals surface area contributed by atoms with Gasteiger partial charge in [0.25, 0.3) is 0 Å². The van der Waals surface area contributed by atoms with Crippen LogP contribution in [0.4, 0.5) is 0 Å². The lowest BCUT2D eigenvalue weighted by Gasteiger charge is -2.24. The Balaban J connectivity index is 2.02. The summed E-state index contributed by atoms with van der Waals surface area (Å²) in [7, 11) is 1.35. The predicted octanol–water partition coefficient (Wildman–Crippen LogP) is 1.92. The fourth-order valence-corrected chi connectivity index (χ4v) is 3.06. The quantitative estimate of drug-likeness (QED) is 0.862. The Morgan fingerprint density at radius 1 is 1.35 bits per heavy atom. The van der Waals surface area contributed by atoms with Crippen LogP contribution in [-0.4, -0.2) is 24.0 Å². The third-order valence-corrected chi connectivity index (χ3v) is 5.03. The molecule has 0 spiro atoms. The second-order valence-electron chi connectivity index (χ2n) is 5.75. The van der Waals surface area contributed by atoms with Crippen LogP contribution in [0.1, 0.15) is 35.8 Å². The maximum Gasteiger partial charge on any atom is 0.309 e. The van der Waals surface area contributed by atoms with Gasteiger partial charge >= 0.3 is 5.97 Å². The molecule has 0 saturated heterocycles. The van der Waals surface area contributed by atoms with Crippen LogP contribution >= 0.6 is 11.3 Å². The first kappa shape index (κ1) is 15.0. The van der Waals surface area contributed by atoms with Gasteiger partial charge in [0.15, 0.2) is 0 Å². The maximum atomic E-state index is 12.2. The summed E-state index contributed by atoms with van der Waals surface area (Å²) in [5.74, 6) is -0.945. The molecule has 0 aliphatic heterocycles. The molecule has 1 aliphatic rings. The van der Waals surface area contributed by atoms with E-state index in [2.05, 4.69) is 15.0 Å². The van der Waals surface area contributed by atoms with Crippen molar-refractivity contribution in [1.29, 1.82) is 0 Å². The van der Waals surface area contributed by atoms with Crippen molar-refractivity contribution < 1.29 is 14.3 Å². The van der Waals surface area contributed by atoms with Gasteiger partial charge in [-0.15, -0.1) is 11.3 Å². The van der Waals surface area contributed by atoms with E-state index in [4.69, 9.17) is 0 Å². The number of amides is 1. The summed E-state index contributed by atoms with van der Waals surface area (Å²) in [6, 6.07) is 0. The molecule has 6 heteroatoms. The minimum Gasteiger partial charge on any atom is -0.469 e. The molecule has 0 bridgehead atoms. The van der Waals surface area contributed by atoms with Gasteiger partial charge in [-0.3, -0.25) is 9.59 Å². The van der Waals surface area contributed by atoms with Gasteiger partial charge in [-0.25, -0.2) is 4.98 Å². The van der Waals surface area contributed by atoms with Crippen molar-refractivity contribution in [2.45, 2.75) is 39.7 Å². The molecule has 1 fully saturated rings. The van der Waals surface area contributed by atoms with Gasteiger partial charge in [-0.1, -0.05) is 0 Å². The summed E-state index contributed by atoms with van der Waals surface area (Å²) in [6.07, 6.45) is 0.574. The number of nitrogens with one attached hydrogen (secondary N) is 1. The molecule has 2 atom stereocenters. The van der Waals surface area contributed by atoms with Gasteiger partial charge in [0.05, 0.1) is 30.2 Å². The number of aryl methyl sites for hydroxylation is 2. The smallest absolute Gasteiger partial charge is 0.309 e. The molecule has 5 nitrogen and oxygen atoms in total. The lowest BCUT2D eigenvalue weighted by molar-refractivity contribution is -0.143. The first-order valence-electron chi connectivity index (χ1n) is 6.60. The molecule has 0 aromatic carbocycles. The number of hydrogen-bond donors (Lipinski definition) is 1. The molecule has 0 radical (unpaired) electrons. The minimum atomic E-state index is -0.524. The Kier molecular flexibility index (Phi) is 3.86. The highest BCUT2D eigenvalue weighted by molar-refractivity contribution is 7.11. The van der Waals surface area contributed by atoms with Gasteiger partial charge in [0, 0.05) is 4.88 Å². The third-order valence-electron chi connectivity index (χ3n) is 3.63. The molecular weight excluding hydrogens is 276 g/mol. The second-order valence-corrected chi connectivity index (χ2v) is 6.95. The first-order chi connectivity index (χ1) is 9.26. The highest BCUT2D eigenvalue weighted by Crippen LogP contribution is 2.40. The highest BCUT2D eigenvalue weighted by Gasteiger charge is 2.50. The van der Waals surface area contributed by atoms with Crippen molar-refractivity contribution in [3.05, 3.63) is 15.6 Å². The van der Waals surface area contributed by atoms with E-state index in [1.54, 1.807) is 11.3 Å². The van der Waals surface area contributed by atoms with Crippen LogP contribution in [0, 0.1) is 25.7 Å². The van der Waals surface area contributed by atoms with Gasteiger partial charge in [-0.2, -0.15) is 0 Å². The molecule has 1 saturated carbocycles. The van der Waals surface area contributed by atoms with Crippen molar-refractivity contribution in [2.75, 3.05) is 7.11 Å². The average molecular weight is 296 g/mol. The molecule has 0 unspecified atom stereocenters. The zero-order valence-corrected chi connectivity index (χ0v) is 13.3. The maximum absolute atomic E-state index is 12.2. The predicted molar refractivity (Wildman–Crippen MR) is 76.4 cm³/mol. The van der Waals surface area contributed by atoms with E-state index < -0.39 is 5.54 Å². The van der Waals surface area contributed by atoms with Gasteiger partial charge in [0.1, 0.15) is 5.01 Å². The van der Waals surface area contributed by atoms with Crippen molar-refractivity contribution in [1.82, 2.24) is 10.3 Å². The number of hydrogen-bond acceptors (Lipinski definition) is 5. The van der Waals surface area contributed by atoms with E-state index in [-0.39, 0.29) is 23.7 Å². The van der Waals surface area contributed by atoms with Crippen LogP contribution in [0.15, 0.2) is 0 Å². The van der Waals surface area contributed by atoms with E-state index in [0.717, 1.165) is 15.6 Å². The van der Waals surface area contributed by atoms with Crippen LogP contribution < -0.4 is 5.32 Å². The summed E-state index contributed by atoms with van der Waals surface area (Å²) in [4.78, 5) is 29.2. The Morgan fingerprint density at radius 2 is 2.00 bits per heavy atom. The van der Waals surface area contributed by atoms with Crippen molar-refractivity contribution in [3.63, 3.8) is 0 Å². The topological polar surface area (TPSA) is 68.3 Å². The number of methoxy groups -OCH3 is 1. The molecular formula is C14H20N2O3S. The lowest BCUT2D eigenvalue weighted by Crippen LogP contribution is -2.42.